The summed E-state index contributed by atoms with van der Waals surface area (Å²) in [7, 11) is 0. The molecular formula is C24H25FN4O2. The zero-order chi connectivity index (χ0) is 22.3. The summed E-state index contributed by atoms with van der Waals surface area (Å²) in [4.78, 5) is 20.1. The van der Waals surface area contributed by atoms with Crippen molar-refractivity contribution < 1.29 is 13.6 Å². The highest BCUT2D eigenvalue weighted by atomic mass is 19.1. The molecule has 0 saturated heterocycles. The van der Waals surface area contributed by atoms with Crippen LogP contribution in [0, 0.1) is 19.7 Å². The first-order valence-corrected chi connectivity index (χ1v) is 10.3. The van der Waals surface area contributed by atoms with Gasteiger partial charge in [0, 0.05) is 23.8 Å². The standard InChI is InChI=1S/C24H25FN4O2/c1-6-28(18-9-7-17(25)8-10-18)24(30)20-12-22(19-11-15(4)31-16(19)5)27-23-21(20)13-26-29(23)14(2)3/h7-14H,6H2,1-5H3. The number of carbonyl (C=O) groups excluding carboxylic acids is 1. The summed E-state index contributed by atoms with van der Waals surface area (Å²) in [5.74, 6) is 0.985. The highest BCUT2D eigenvalue weighted by Gasteiger charge is 2.24. The van der Waals surface area contributed by atoms with E-state index >= 15 is 0 Å². The number of pyridine rings is 1. The van der Waals surface area contributed by atoms with Crippen LogP contribution in [0.3, 0.4) is 0 Å². The van der Waals surface area contributed by atoms with Gasteiger partial charge >= 0.3 is 0 Å². The maximum absolute atomic E-state index is 13.7. The summed E-state index contributed by atoms with van der Waals surface area (Å²) in [6, 6.07) is 9.72. The van der Waals surface area contributed by atoms with E-state index in [-0.39, 0.29) is 17.8 Å². The minimum Gasteiger partial charge on any atom is -0.466 e. The second kappa shape index (κ2) is 7.98. The number of aromatic nitrogens is 3. The maximum atomic E-state index is 13.7. The number of nitrogens with zero attached hydrogens (tertiary/aromatic N) is 4. The molecule has 3 heterocycles. The zero-order valence-electron chi connectivity index (χ0n) is 18.3. The third-order valence-corrected chi connectivity index (χ3v) is 5.30. The molecule has 0 fully saturated rings. The smallest absolute Gasteiger partial charge is 0.259 e. The van der Waals surface area contributed by atoms with Crippen LogP contribution in [0.2, 0.25) is 0 Å². The molecule has 0 spiro atoms. The van der Waals surface area contributed by atoms with Gasteiger partial charge in [0.2, 0.25) is 0 Å². The minimum atomic E-state index is -0.343. The molecule has 1 amide bonds. The average Bonchev–Trinajstić information content (AvgIpc) is 3.31. The number of hydrogen-bond acceptors (Lipinski definition) is 4. The molecule has 0 aliphatic heterocycles. The van der Waals surface area contributed by atoms with Crippen LogP contribution in [-0.2, 0) is 0 Å². The molecule has 0 bridgehead atoms. The molecule has 0 saturated carbocycles. The summed E-state index contributed by atoms with van der Waals surface area (Å²) >= 11 is 0. The van der Waals surface area contributed by atoms with Gasteiger partial charge in [-0.15, -0.1) is 0 Å². The molecule has 0 N–H and O–H groups in total. The molecule has 31 heavy (non-hydrogen) atoms. The zero-order valence-corrected chi connectivity index (χ0v) is 18.3. The topological polar surface area (TPSA) is 64.2 Å². The second-order valence-electron chi connectivity index (χ2n) is 7.83. The van der Waals surface area contributed by atoms with Gasteiger partial charge in [-0.1, -0.05) is 0 Å². The summed E-state index contributed by atoms with van der Waals surface area (Å²) in [5, 5.41) is 5.16. The largest absolute Gasteiger partial charge is 0.466 e. The Balaban J connectivity index is 1.92. The predicted molar refractivity (Wildman–Crippen MR) is 119 cm³/mol. The number of benzene rings is 1. The van der Waals surface area contributed by atoms with E-state index in [1.54, 1.807) is 29.3 Å². The number of halogens is 1. The lowest BCUT2D eigenvalue weighted by Crippen LogP contribution is -2.30. The van der Waals surface area contributed by atoms with E-state index in [1.807, 2.05) is 45.4 Å². The first-order chi connectivity index (χ1) is 14.8. The van der Waals surface area contributed by atoms with Crippen LogP contribution in [-0.4, -0.2) is 27.2 Å². The van der Waals surface area contributed by atoms with Gasteiger partial charge in [-0.3, -0.25) is 4.79 Å². The number of furan rings is 1. The minimum absolute atomic E-state index is 0.0785. The summed E-state index contributed by atoms with van der Waals surface area (Å²) in [6.07, 6.45) is 1.69. The molecule has 4 aromatic rings. The first kappa shape index (κ1) is 20.8. The van der Waals surface area contributed by atoms with Crippen LogP contribution in [0.5, 0.6) is 0 Å². The second-order valence-corrected chi connectivity index (χ2v) is 7.83. The molecule has 4 rings (SSSR count). The molecule has 7 heteroatoms. The molecule has 6 nitrogen and oxygen atoms in total. The molecule has 0 radical (unpaired) electrons. The molecule has 0 atom stereocenters. The van der Waals surface area contributed by atoms with Crippen molar-refractivity contribution in [2.24, 2.45) is 0 Å². The Morgan fingerprint density at radius 3 is 2.48 bits per heavy atom. The SMILES string of the molecule is CCN(C(=O)c1cc(-c2cc(C)oc2C)nc2c1cnn2C(C)C)c1ccc(F)cc1. The van der Waals surface area contributed by atoms with Gasteiger partial charge in [-0.05, 0) is 71.0 Å². The molecule has 0 aliphatic rings. The van der Waals surface area contributed by atoms with Crippen molar-refractivity contribution in [3.63, 3.8) is 0 Å². The molecule has 160 valence electrons. The Morgan fingerprint density at radius 1 is 1.19 bits per heavy atom. The first-order valence-electron chi connectivity index (χ1n) is 10.3. The Hall–Kier alpha value is -3.48. The number of amides is 1. The summed E-state index contributed by atoms with van der Waals surface area (Å²) < 4.78 is 20.9. The normalized spacial score (nSPS) is 11.5. The molecule has 3 aromatic heterocycles. The molecule has 1 aromatic carbocycles. The number of rotatable bonds is 5. The number of carbonyl (C=O) groups is 1. The number of anilines is 1. The van der Waals surface area contributed by atoms with E-state index in [4.69, 9.17) is 9.40 Å². The lowest BCUT2D eigenvalue weighted by molar-refractivity contribution is 0.0990. The van der Waals surface area contributed by atoms with E-state index in [0.717, 1.165) is 17.1 Å². The van der Waals surface area contributed by atoms with Gasteiger partial charge in [-0.25, -0.2) is 14.1 Å². The fourth-order valence-corrected chi connectivity index (χ4v) is 3.81. The average molecular weight is 420 g/mol. The monoisotopic (exact) mass is 420 g/mol. The van der Waals surface area contributed by atoms with Crippen LogP contribution >= 0.6 is 0 Å². The number of aryl methyl sites for hydroxylation is 2. The van der Waals surface area contributed by atoms with Crippen LogP contribution in [0.4, 0.5) is 10.1 Å². The molecule has 0 aliphatic carbocycles. The van der Waals surface area contributed by atoms with Gasteiger partial charge in [0.15, 0.2) is 5.65 Å². The van der Waals surface area contributed by atoms with E-state index in [1.165, 1.54) is 12.1 Å². The number of fused-ring (bicyclic) bond motifs is 1. The van der Waals surface area contributed by atoms with E-state index < -0.39 is 0 Å². The highest BCUT2D eigenvalue weighted by Crippen LogP contribution is 2.31. The third kappa shape index (κ3) is 3.71. The molecule has 0 unspecified atom stereocenters. The van der Waals surface area contributed by atoms with Gasteiger partial charge in [0.1, 0.15) is 17.3 Å². The summed E-state index contributed by atoms with van der Waals surface area (Å²) in [5.41, 5.74) is 3.27. The predicted octanol–water partition coefficient (Wildman–Crippen LogP) is 5.69. The van der Waals surface area contributed by atoms with Crippen LogP contribution in [0.25, 0.3) is 22.3 Å². The Bertz CT molecular complexity index is 1250. The number of hydrogen-bond donors (Lipinski definition) is 0. The van der Waals surface area contributed by atoms with Gasteiger partial charge in [-0.2, -0.15) is 5.10 Å². The lowest BCUT2D eigenvalue weighted by Gasteiger charge is -2.22. The van der Waals surface area contributed by atoms with Gasteiger partial charge in [0.25, 0.3) is 5.91 Å². The highest BCUT2D eigenvalue weighted by molar-refractivity contribution is 6.13. The van der Waals surface area contributed by atoms with Crippen LogP contribution in [0.15, 0.2) is 47.0 Å². The van der Waals surface area contributed by atoms with E-state index in [0.29, 0.717) is 34.5 Å². The van der Waals surface area contributed by atoms with Crippen molar-refractivity contribution in [2.75, 3.05) is 11.4 Å². The van der Waals surface area contributed by atoms with Crippen LogP contribution in [0.1, 0.15) is 48.7 Å². The van der Waals surface area contributed by atoms with Gasteiger partial charge in [0.05, 0.1) is 22.8 Å². The van der Waals surface area contributed by atoms with Crippen LogP contribution < -0.4 is 4.90 Å². The summed E-state index contributed by atoms with van der Waals surface area (Å²) in [6.45, 7) is 10.1. The van der Waals surface area contributed by atoms with Crippen molar-refractivity contribution in [3.8, 4) is 11.3 Å². The van der Waals surface area contributed by atoms with Crippen molar-refractivity contribution >= 4 is 22.6 Å². The Labute approximate surface area is 180 Å². The fraction of sp³-hybridized carbons (Fsp3) is 0.292. The molecular weight excluding hydrogens is 395 g/mol. The maximum Gasteiger partial charge on any atom is 0.259 e. The Kier molecular flexibility index (Phi) is 5.35. The van der Waals surface area contributed by atoms with Crippen molar-refractivity contribution in [3.05, 3.63) is 65.5 Å². The van der Waals surface area contributed by atoms with Crippen molar-refractivity contribution in [1.82, 2.24) is 14.8 Å². The van der Waals surface area contributed by atoms with Crippen molar-refractivity contribution in [1.29, 1.82) is 0 Å². The Morgan fingerprint density at radius 2 is 1.90 bits per heavy atom. The lowest BCUT2D eigenvalue weighted by atomic mass is 10.1. The van der Waals surface area contributed by atoms with Gasteiger partial charge < -0.3 is 9.32 Å². The quantitative estimate of drug-likeness (QED) is 0.416. The van der Waals surface area contributed by atoms with E-state index in [9.17, 15) is 9.18 Å². The fourth-order valence-electron chi connectivity index (χ4n) is 3.81. The van der Waals surface area contributed by atoms with Crippen molar-refractivity contribution in [2.45, 2.75) is 40.7 Å². The van der Waals surface area contributed by atoms with E-state index in [2.05, 4.69) is 5.10 Å². The third-order valence-electron chi connectivity index (χ3n) is 5.30.